The molecule has 2 amide bonds. The van der Waals surface area contributed by atoms with E-state index in [1.54, 1.807) is 7.11 Å². The summed E-state index contributed by atoms with van der Waals surface area (Å²) < 4.78 is 7.46. The molecule has 34 heavy (non-hydrogen) atoms. The van der Waals surface area contributed by atoms with Crippen LogP contribution in [0.4, 0.5) is 10.5 Å². The first-order valence-electron chi connectivity index (χ1n) is 11.6. The summed E-state index contributed by atoms with van der Waals surface area (Å²) in [5, 5.41) is 3.10. The minimum atomic E-state index is -0.234. The second kappa shape index (κ2) is 9.10. The number of aromatic nitrogens is 1. The van der Waals surface area contributed by atoms with E-state index in [4.69, 9.17) is 4.74 Å². The number of methoxy groups -OCH3 is 1. The Morgan fingerprint density at radius 3 is 2.38 bits per heavy atom. The Bertz CT molecular complexity index is 1290. The van der Waals surface area contributed by atoms with Gasteiger partial charge in [0.2, 0.25) is 0 Å². The van der Waals surface area contributed by atoms with Gasteiger partial charge in [-0.2, -0.15) is 0 Å². The van der Waals surface area contributed by atoms with E-state index in [2.05, 4.69) is 72.4 Å². The quantitative estimate of drug-likeness (QED) is 0.373. The predicted molar refractivity (Wildman–Crippen MR) is 136 cm³/mol. The lowest BCUT2D eigenvalue weighted by Gasteiger charge is -2.31. The van der Waals surface area contributed by atoms with Gasteiger partial charge in [-0.1, -0.05) is 56.3 Å². The number of para-hydroxylation sites is 1. The van der Waals surface area contributed by atoms with E-state index in [9.17, 15) is 4.79 Å². The Morgan fingerprint density at radius 2 is 1.68 bits per heavy atom. The number of fused-ring (bicyclic) bond motifs is 3. The van der Waals surface area contributed by atoms with Crippen LogP contribution in [-0.4, -0.2) is 22.6 Å². The number of carbonyl (C=O) groups is 1. The summed E-state index contributed by atoms with van der Waals surface area (Å²) in [7, 11) is 1.63. The smallest absolute Gasteiger partial charge is 0.322 e. The third kappa shape index (κ3) is 4.05. The highest BCUT2D eigenvalue weighted by Gasteiger charge is 2.33. The Kier molecular flexibility index (Phi) is 5.84. The van der Waals surface area contributed by atoms with Gasteiger partial charge in [0.1, 0.15) is 5.75 Å². The van der Waals surface area contributed by atoms with Crippen molar-refractivity contribution in [2.45, 2.75) is 32.4 Å². The monoisotopic (exact) mass is 451 g/mol. The van der Waals surface area contributed by atoms with Gasteiger partial charge in [0.05, 0.1) is 25.4 Å². The molecule has 1 aliphatic rings. The molecule has 0 bridgehead atoms. The molecular formula is C29H29N3O2. The highest BCUT2D eigenvalue weighted by atomic mass is 16.5. The molecule has 0 fully saturated rings. The molecule has 1 unspecified atom stereocenters. The summed E-state index contributed by atoms with van der Waals surface area (Å²) in [6, 6.07) is 28.1. The molecule has 1 N–H and O–H groups in total. The van der Waals surface area contributed by atoms with E-state index < -0.39 is 0 Å². The molecule has 0 spiro atoms. The molecule has 4 aromatic rings. The Hall–Kier alpha value is -3.99. The van der Waals surface area contributed by atoms with E-state index in [0.717, 1.165) is 33.9 Å². The molecule has 1 aliphatic heterocycles. The number of hydrogen-bond donors (Lipinski definition) is 1. The van der Waals surface area contributed by atoms with Gasteiger partial charge in [-0.25, -0.2) is 4.79 Å². The molecule has 3 aromatic carbocycles. The molecular weight excluding hydrogens is 422 g/mol. The van der Waals surface area contributed by atoms with Crippen LogP contribution < -0.4 is 10.1 Å². The second-order valence-corrected chi connectivity index (χ2v) is 8.94. The molecule has 1 aromatic heterocycles. The molecule has 5 heteroatoms. The van der Waals surface area contributed by atoms with Crippen LogP contribution in [0.1, 0.15) is 48.2 Å². The fraction of sp³-hybridized carbons (Fsp3) is 0.207. The Morgan fingerprint density at radius 1 is 0.941 bits per heavy atom. The minimum Gasteiger partial charge on any atom is -0.497 e. The van der Waals surface area contributed by atoms with Crippen molar-refractivity contribution in [3.05, 3.63) is 114 Å². The zero-order valence-corrected chi connectivity index (χ0v) is 19.7. The Labute approximate surface area is 200 Å². The van der Waals surface area contributed by atoms with Crippen molar-refractivity contribution in [2.75, 3.05) is 12.4 Å². The molecule has 172 valence electrons. The van der Waals surface area contributed by atoms with Crippen LogP contribution in [0.5, 0.6) is 5.75 Å². The molecule has 0 aliphatic carbocycles. The molecule has 2 heterocycles. The first-order valence-corrected chi connectivity index (χ1v) is 11.6. The molecule has 0 saturated carbocycles. The van der Waals surface area contributed by atoms with Crippen molar-refractivity contribution in [1.29, 1.82) is 0 Å². The van der Waals surface area contributed by atoms with Crippen LogP contribution in [0.15, 0.2) is 91.1 Å². The number of ether oxygens (including phenoxy) is 1. The third-order valence-electron chi connectivity index (χ3n) is 6.48. The van der Waals surface area contributed by atoms with Crippen LogP contribution in [0, 0.1) is 0 Å². The molecule has 0 radical (unpaired) electrons. The van der Waals surface area contributed by atoms with Crippen LogP contribution >= 0.6 is 0 Å². The van der Waals surface area contributed by atoms with Gasteiger partial charge in [0.25, 0.3) is 0 Å². The average Bonchev–Trinajstić information content (AvgIpc) is 3.29. The summed E-state index contributed by atoms with van der Waals surface area (Å²) in [6.45, 7) is 4.88. The van der Waals surface area contributed by atoms with E-state index in [-0.39, 0.29) is 12.1 Å². The normalized spacial score (nSPS) is 14.8. The van der Waals surface area contributed by atoms with Crippen LogP contribution in [0.2, 0.25) is 0 Å². The summed E-state index contributed by atoms with van der Waals surface area (Å²) in [5.74, 6) is 1.20. The topological polar surface area (TPSA) is 46.5 Å². The van der Waals surface area contributed by atoms with Gasteiger partial charge in [0, 0.05) is 17.6 Å². The van der Waals surface area contributed by atoms with E-state index in [1.165, 1.54) is 5.56 Å². The van der Waals surface area contributed by atoms with Crippen molar-refractivity contribution in [1.82, 2.24) is 9.47 Å². The van der Waals surface area contributed by atoms with Gasteiger partial charge in [-0.3, -0.25) is 0 Å². The van der Waals surface area contributed by atoms with Crippen molar-refractivity contribution in [3.63, 3.8) is 0 Å². The fourth-order valence-electron chi connectivity index (χ4n) is 4.62. The SMILES string of the molecule is COc1ccc(NC(=O)N2Cc3ccccc3-n3cccc3C2c2ccc(C(C)C)cc2)cc1. The number of hydrogen-bond acceptors (Lipinski definition) is 2. The number of urea groups is 1. The van der Waals surface area contributed by atoms with Crippen molar-refractivity contribution in [2.24, 2.45) is 0 Å². The van der Waals surface area contributed by atoms with Crippen molar-refractivity contribution in [3.8, 4) is 11.4 Å². The standard InChI is InChI=1S/C29H29N3O2/c1-20(2)21-10-12-22(13-11-21)28-27-9-6-18-31(27)26-8-5-4-7-23(26)19-32(28)29(33)30-24-14-16-25(34-3)17-15-24/h4-18,20,28H,19H2,1-3H3,(H,30,33). The predicted octanol–water partition coefficient (Wildman–Crippen LogP) is 6.75. The number of carbonyl (C=O) groups excluding carboxylic acids is 1. The summed E-state index contributed by atoms with van der Waals surface area (Å²) in [4.78, 5) is 15.7. The van der Waals surface area contributed by atoms with Gasteiger partial charge in [-0.15, -0.1) is 0 Å². The van der Waals surface area contributed by atoms with Gasteiger partial charge in [-0.05, 0) is 65.1 Å². The maximum absolute atomic E-state index is 13.7. The molecule has 5 nitrogen and oxygen atoms in total. The number of nitrogens with zero attached hydrogens (tertiary/aromatic N) is 2. The molecule has 1 atom stereocenters. The Balaban J connectivity index is 1.58. The summed E-state index contributed by atoms with van der Waals surface area (Å²) in [6.07, 6.45) is 2.08. The second-order valence-electron chi connectivity index (χ2n) is 8.94. The largest absolute Gasteiger partial charge is 0.497 e. The van der Waals surface area contributed by atoms with E-state index >= 15 is 0 Å². The number of benzene rings is 3. The van der Waals surface area contributed by atoms with Gasteiger partial charge >= 0.3 is 6.03 Å². The number of rotatable bonds is 4. The lowest BCUT2D eigenvalue weighted by atomic mass is 9.97. The third-order valence-corrected chi connectivity index (χ3v) is 6.48. The average molecular weight is 452 g/mol. The first-order chi connectivity index (χ1) is 16.5. The van der Waals surface area contributed by atoms with Crippen molar-refractivity contribution >= 4 is 11.7 Å². The van der Waals surface area contributed by atoms with E-state index in [1.807, 2.05) is 47.4 Å². The molecule has 0 saturated heterocycles. The number of nitrogens with one attached hydrogen (secondary N) is 1. The van der Waals surface area contributed by atoms with Crippen LogP contribution in [-0.2, 0) is 6.54 Å². The lowest BCUT2D eigenvalue weighted by molar-refractivity contribution is 0.194. The summed E-state index contributed by atoms with van der Waals surface area (Å²) >= 11 is 0. The summed E-state index contributed by atoms with van der Waals surface area (Å²) in [5.41, 5.74) is 6.37. The maximum Gasteiger partial charge on any atom is 0.322 e. The fourth-order valence-corrected chi connectivity index (χ4v) is 4.62. The highest BCUT2D eigenvalue weighted by Crippen LogP contribution is 2.37. The highest BCUT2D eigenvalue weighted by molar-refractivity contribution is 5.90. The van der Waals surface area contributed by atoms with Crippen molar-refractivity contribution < 1.29 is 9.53 Å². The minimum absolute atomic E-state index is 0.146. The lowest BCUT2D eigenvalue weighted by Crippen LogP contribution is -2.37. The van der Waals surface area contributed by atoms with E-state index in [0.29, 0.717) is 12.5 Å². The maximum atomic E-state index is 13.7. The number of anilines is 1. The zero-order valence-electron chi connectivity index (χ0n) is 19.7. The van der Waals surface area contributed by atoms with Crippen LogP contribution in [0.25, 0.3) is 5.69 Å². The molecule has 5 rings (SSSR count). The first kappa shape index (κ1) is 21.8. The number of amides is 2. The van der Waals surface area contributed by atoms with Crippen LogP contribution in [0.3, 0.4) is 0 Å². The van der Waals surface area contributed by atoms with Gasteiger partial charge in [0.15, 0.2) is 0 Å². The van der Waals surface area contributed by atoms with Gasteiger partial charge < -0.3 is 19.5 Å². The zero-order chi connectivity index (χ0) is 23.7.